The number of hydrogen-bond acceptors (Lipinski definition) is 5. The van der Waals surface area contributed by atoms with E-state index in [-0.39, 0.29) is 6.29 Å². The highest BCUT2D eigenvalue weighted by Gasteiger charge is 2.44. The number of aliphatic hydroxyl groups excluding tert-OH is 1. The van der Waals surface area contributed by atoms with Gasteiger partial charge in [0.25, 0.3) is 0 Å². The highest BCUT2D eigenvalue weighted by atomic mass is 16.5. The number of aliphatic hydroxyl groups is 2. The van der Waals surface area contributed by atoms with Gasteiger partial charge in [-0.3, -0.25) is 14.7 Å². The van der Waals surface area contributed by atoms with Crippen LogP contribution >= 0.6 is 0 Å². The summed E-state index contributed by atoms with van der Waals surface area (Å²) in [6.07, 6.45) is 0.588. The van der Waals surface area contributed by atoms with Gasteiger partial charge in [-0.15, -0.1) is 0 Å². The van der Waals surface area contributed by atoms with Crippen LogP contribution in [0, 0.1) is 0 Å². The standard InChI is InChI=1S/C15H37N4O2/c1-15(13(20)21,19(7,8)9)11-10-12-18(6)14(16(2)3)17(4)5/h13-14,20-21H,10-12H2,1-9H3/q+1. The minimum atomic E-state index is -1.32. The van der Waals surface area contributed by atoms with Crippen molar-refractivity contribution in [2.24, 2.45) is 0 Å². The van der Waals surface area contributed by atoms with E-state index >= 15 is 0 Å². The fourth-order valence-corrected chi connectivity index (χ4v) is 2.86. The summed E-state index contributed by atoms with van der Waals surface area (Å²) in [5, 5.41) is 19.5. The van der Waals surface area contributed by atoms with Crippen molar-refractivity contribution in [3.05, 3.63) is 0 Å². The van der Waals surface area contributed by atoms with Crippen molar-refractivity contribution in [2.45, 2.75) is 37.9 Å². The third-order valence-corrected chi connectivity index (χ3v) is 4.60. The van der Waals surface area contributed by atoms with Gasteiger partial charge in [0.2, 0.25) is 6.29 Å². The summed E-state index contributed by atoms with van der Waals surface area (Å²) >= 11 is 0. The van der Waals surface area contributed by atoms with Crippen LogP contribution in [0.3, 0.4) is 0 Å². The maximum Gasteiger partial charge on any atom is 0.208 e. The summed E-state index contributed by atoms with van der Waals surface area (Å²) in [5.41, 5.74) is -0.563. The highest BCUT2D eigenvalue weighted by molar-refractivity contribution is 4.78. The Kier molecular flexibility index (Phi) is 7.76. The predicted molar refractivity (Wildman–Crippen MR) is 87.7 cm³/mol. The third-order valence-electron chi connectivity index (χ3n) is 4.60. The molecule has 0 aliphatic rings. The van der Waals surface area contributed by atoms with E-state index in [2.05, 4.69) is 49.9 Å². The molecule has 6 nitrogen and oxygen atoms in total. The van der Waals surface area contributed by atoms with E-state index < -0.39 is 11.8 Å². The summed E-state index contributed by atoms with van der Waals surface area (Å²) in [5.74, 6) is 0. The van der Waals surface area contributed by atoms with Crippen molar-refractivity contribution < 1.29 is 14.7 Å². The molecule has 0 aliphatic carbocycles. The second-order valence-corrected chi connectivity index (χ2v) is 7.60. The first-order chi connectivity index (χ1) is 9.34. The van der Waals surface area contributed by atoms with Gasteiger partial charge in [0, 0.05) is 13.0 Å². The lowest BCUT2D eigenvalue weighted by Gasteiger charge is -2.45. The van der Waals surface area contributed by atoms with Crippen LogP contribution in [-0.2, 0) is 0 Å². The molecule has 0 aromatic rings. The Bertz CT molecular complexity index is 295. The third kappa shape index (κ3) is 5.47. The predicted octanol–water partition coefficient (Wildman–Crippen LogP) is -0.119. The van der Waals surface area contributed by atoms with Gasteiger partial charge in [0.1, 0.15) is 11.8 Å². The van der Waals surface area contributed by atoms with Crippen LogP contribution < -0.4 is 0 Å². The van der Waals surface area contributed by atoms with E-state index in [4.69, 9.17) is 0 Å². The SMILES string of the molecule is CN(C)C(N(C)C)N(C)CCCC(C)(C(O)O)[N+](C)(C)C. The molecular weight excluding hydrogens is 268 g/mol. The molecule has 1 unspecified atom stereocenters. The van der Waals surface area contributed by atoms with Gasteiger partial charge in [0.05, 0.1) is 21.1 Å². The normalized spacial score (nSPS) is 16.6. The zero-order valence-corrected chi connectivity index (χ0v) is 15.5. The van der Waals surface area contributed by atoms with E-state index in [0.717, 1.165) is 19.4 Å². The molecule has 21 heavy (non-hydrogen) atoms. The molecule has 0 amide bonds. The second kappa shape index (κ2) is 7.85. The summed E-state index contributed by atoms with van der Waals surface area (Å²) in [7, 11) is 16.4. The Morgan fingerprint density at radius 1 is 0.952 bits per heavy atom. The first kappa shape index (κ1) is 20.8. The Balaban J connectivity index is 4.66. The highest BCUT2D eigenvalue weighted by Crippen LogP contribution is 2.27. The summed E-state index contributed by atoms with van der Waals surface area (Å²) in [6.45, 7) is 2.84. The lowest BCUT2D eigenvalue weighted by atomic mass is 9.91. The van der Waals surface area contributed by atoms with Crippen LogP contribution in [-0.4, -0.2) is 110 Å². The molecule has 0 aromatic carbocycles. The van der Waals surface area contributed by atoms with Crippen molar-refractivity contribution in [1.82, 2.24) is 14.7 Å². The number of hydrogen-bond donors (Lipinski definition) is 2. The average Bonchev–Trinajstić information content (AvgIpc) is 2.25. The zero-order valence-electron chi connectivity index (χ0n) is 15.5. The molecule has 0 aliphatic heterocycles. The molecule has 0 rings (SSSR count). The van der Waals surface area contributed by atoms with Crippen LogP contribution in [0.5, 0.6) is 0 Å². The van der Waals surface area contributed by atoms with E-state index in [1.54, 1.807) is 0 Å². The minimum Gasteiger partial charge on any atom is -0.363 e. The van der Waals surface area contributed by atoms with Crippen molar-refractivity contribution >= 4 is 0 Å². The maximum atomic E-state index is 9.77. The Labute approximate surface area is 131 Å². The Morgan fingerprint density at radius 3 is 1.67 bits per heavy atom. The zero-order chi connectivity index (χ0) is 17.0. The topological polar surface area (TPSA) is 50.2 Å². The second-order valence-electron chi connectivity index (χ2n) is 7.60. The molecule has 0 bridgehead atoms. The molecule has 0 saturated heterocycles. The minimum absolute atomic E-state index is 0.236. The molecule has 6 heteroatoms. The molecule has 128 valence electrons. The van der Waals surface area contributed by atoms with Gasteiger partial charge in [-0.2, -0.15) is 0 Å². The van der Waals surface area contributed by atoms with Crippen LogP contribution in [0.15, 0.2) is 0 Å². The van der Waals surface area contributed by atoms with Gasteiger partial charge < -0.3 is 14.7 Å². The summed E-state index contributed by atoms with van der Waals surface area (Å²) < 4.78 is 0.527. The van der Waals surface area contributed by atoms with Crippen LogP contribution in [0.4, 0.5) is 0 Å². The van der Waals surface area contributed by atoms with Crippen molar-refractivity contribution in [3.63, 3.8) is 0 Å². The van der Waals surface area contributed by atoms with Crippen molar-refractivity contribution in [2.75, 3.05) is 62.9 Å². The van der Waals surface area contributed by atoms with E-state index in [1.807, 2.05) is 28.1 Å². The molecular formula is C15H37N4O2+. The van der Waals surface area contributed by atoms with E-state index in [9.17, 15) is 10.2 Å². The number of likely N-dealkylation sites (N-methyl/N-ethyl adjacent to an activating group) is 1. The van der Waals surface area contributed by atoms with Gasteiger partial charge in [-0.1, -0.05) is 0 Å². The molecule has 0 heterocycles. The first-order valence-electron chi connectivity index (χ1n) is 7.55. The fraction of sp³-hybridized carbons (Fsp3) is 1.00. The van der Waals surface area contributed by atoms with Crippen LogP contribution in [0.2, 0.25) is 0 Å². The smallest absolute Gasteiger partial charge is 0.208 e. The van der Waals surface area contributed by atoms with Crippen LogP contribution in [0.1, 0.15) is 19.8 Å². The molecule has 2 N–H and O–H groups in total. The van der Waals surface area contributed by atoms with Gasteiger partial charge in [-0.05, 0) is 48.6 Å². The first-order valence-corrected chi connectivity index (χ1v) is 7.55. The van der Waals surface area contributed by atoms with Gasteiger partial charge in [0.15, 0.2) is 0 Å². The molecule has 0 fully saturated rings. The molecule has 0 saturated carbocycles. The van der Waals surface area contributed by atoms with Gasteiger partial charge >= 0.3 is 0 Å². The molecule has 1 atom stereocenters. The maximum absolute atomic E-state index is 9.77. The monoisotopic (exact) mass is 305 g/mol. The quantitative estimate of drug-likeness (QED) is 0.459. The van der Waals surface area contributed by atoms with Crippen LogP contribution in [0.25, 0.3) is 0 Å². The molecule has 0 aromatic heterocycles. The molecule has 0 radical (unpaired) electrons. The number of nitrogens with zero attached hydrogens (tertiary/aromatic N) is 4. The van der Waals surface area contributed by atoms with E-state index in [1.165, 1.54) is 0 Å². The lowest BCUT2D eigenvalue weighted by molar-refractivity contribution is -0.930. The molecule has 0 spiro atoms. The van der Waals surface area contributed by atoms with Gasteiger partial charge in [-0.25, -0.2) is 0 Å². The average molecular weight is 305 g/mol. The van der Waals surface area contributed by atoms with E-state index in [0.29, 0.717) is 4.48 Å². The lowest BCUT2D eigenvalue weighted by Crippen LogP contribution is -2.62. The van der Waals surface area contributed by atoms with Crippen molar-refractivity contribution in [3.8, 4) is 0 Å². The largest absolute Gasteiger partial charge is 0.363 e. The Hall–Kier alpha value is -0.240. The Morgan fingerprint density at radius 2 is 1.38 bits per heavy atom. The fourth-order valence-electron chi connectivity index (χ4n) is 2.86. The number of rotatable bonds is 9. The number of quaternary nitrogens is 1. The van der Waals surface area contributed by atoms with Crippen molar-refractivity contribution in [1.29, 1.82) is 0 Å². The summed E-state index contributed by atoms with van der Waals surface area (Å²) in [6, 6.07) is 0. The summed E-state index contributed by atoms with van der Waals surface area (Å²) in [4.78, 5) is 6.61.